The van der Waals surface area contributed by atoms with Gasteiger partial charge in [-0.05, 0) is 18.5 Å². The maximum absolute atomic E-state index is 13.7. The first-order chi connectivity index (χ1) is 9.94. The minimum Gasteiger partial charge on any atom is -0.466 e. The Morgan fingerprint density at radius 2 is 2.38 bits per heavy atom. The van der Waals surface area contributed by atoms with E-state index in [-0.39, 0.29) is 34.9 Å². The van der Waals surface area contributed by atoms with Crippen LogP contribution in [0.15, 0.2) is 6.20 Å². The summed E-state index contributed by atoms with van der Waals surface area (Å²) in [6.07, 6.45) is 1.08. The Hall–Kier alpha value is -1.47. The molecule has 0 aliphatic carbocycles. The van der Waals surface area contributed by atoms with Gasteiger partial charge in [-0.15, -0.1) is 0 Å². The molecule has 0 saturated carbocycles. The number of anilines is 1. The van der Waals surface area contributed by atoms with Crippen LogP contribution in [-0.2, 0) is 14.3 Å². The average molecular weight is 318 g/mol. The van der Waals surface area contributed by atoms with E-state index in [9.17, 15) is 9.18 Å². The van der Waals surface area contributed by atoms with E-state index >= 15 is 0 Å². The Kier molecular flexibility index (Phi) is 4.95. The number of nitrogens with zero attached hydrogens (tertiary/aromatic N) is 2. The van der Waals surface area contributed by atoms with Gasteiger partial charge >= 0.3 is 5.97 Å². The van der Waals surface area contributed by atoms with Crippen molar-refractivity contribution in [3.05, 3.63) is 17.3 Å². The quantitative estimate of drug-likeness (QED) is 0.639. The molecule has 0 spiro atoms. The standard InChI is InChI=1S/C13H17ClFN3O3/c1-3-21-10(19)4-9(13(2)6-20-7-13)17-11-8(15)5-16-12(14)18-11/h5,9H,3-4,6-7H2,1-2H3,(H,16,17,18). The van der Waals surface area contributed by atoms with Crippen molar-refractivity contribution in [1.82, 2.24) is 9.97 Å². The fourth-order valence-corrected chi connectivity index (χ4v) is 2.23. The second-order valence-electron chi connectivity index (χ2n) is 5.19. The van der Waals surface area contributed by atoms with Gasteiger partial charge in [-0.3, -0.25) is 4.79 Å². The molecule has 2 heterocycles. The van der Waals surface area contributed by atoms with E-state index < -0.39 is 5.82 Å². The molecule has 1 aromatic heterocycles. The van der Waals surface area contributed by atoms with E-state index in [1.165, 1.54) is 0 Å². The van der Waals surface area contributed by atoms with E-state index in [2.05, 4.69) is 15.3 Å². The number of ether oxygens (including phenoxy) is 2. The highest BCUT2D eigenvalue weighted by Crippen LogP contribution is 2.34. The number of carbonyl (C=O) groups is 1. The first kappa shape index (κ1) is 15.9. The molecule has 0 radical (unpaired) electrons. The van der Waals surface area contributed by atoms with Gasteiger partial charge in [0.1, 0.15) is 0 Å². The zero-order valence-corrected chi connectivity index (χ0v) is 12.6. The molecule has 1 unspecified atom stereocenters. The predicted octanol–water partition coefficient (Wildman–Crippen LogP) is 2.04. The smallest absolute Gasteiger partial charge is 0.307 e. The van der Waals surface area contributed by atoms with Gasteiger partial charge in [0.25, 0.3) is 0 Å². The van der Waals surface area contributed by atoms with Crippen LogP contribution in [0.4, 0.5) is 10.2 Å². The van der Waals surface area contributed by atoms with Crippen LogP contribution < -0.4 is 5.32 Å². The van der Waals surface area contributed by atoms with Crippen LogP contribution in [-0.4, -0.2) is 41.8 Å². The third kappa shape index (κ3) is 3.79. The van der Waals surface area contributed by atoms with Gasteiger partial charge in [0.2, 0.25) is 5.28 Å². The van der Waals surface area contributed by atoms with E-state index in [1.54, 1.807) is 6.92 Å². The molecule has 1 N–H and O–H groups in total. The highest BCUT2D eigenvalue weighted by Gasteiger charge is 2.43. The number of hydrogen-bond acceptors (Lipinski definition) is 6. The Morgan fingerprint density at radius 3 is 2.95 bits per heavy atom. The Morgan fingerprint density at radius 1 is 1.67 bits per heavy atom. The minimum atomic E-state index is -0.628. The summed E-state index contributed by atoms with van der Waals surface area (Å²) < 4.78 is 23.9. The molecule has 1 saturated heterocycles. The predicted molar refractivity (Wildman–Crippen MR) is 74.6 cm³/mol. The Bertz CT molecular complexity index is 525. The van der Waals surface area contributed by atoms with Gasteiger partial charge in [0.05, 0.1) is 32.4 Å². The highest BCUT2D eigenvalue weighted by molar-refractivity contribution is 6.28. The maximum atomic E-state index is 13.7. The molecule has 0 aromatic carbocycles. The summed E-state index contributed by atoms with van der Waals surface area (Å²) >= 11 is 5.67. The second-order valence-corrected chi connectivity index (χ2v) is 5.53. The number of esters is 1. The summed E-state index contributed by atoms with van der Waals surface area (Å²) in [5, 5.41) is 2.86. The molecule has 1 aliphatic rings. The molecule has 1 atom stereocenters. The summed E-state index contributed by atoms with van der Waals surface area (Å²) in [5.74, 6) is -1.02. The van der Waals surface area contributed by atoms with Gasteiger partial charge in [0.15, 0.2) is 11.6 Å². The van der Waals surface area contributed by atoms with Gasteiger partial charge in [-0.25, -0.2) is 9.37 Å². The van der Waals surface area contributed by atoms with Crippen molar-refractivity contribution in [3.8, 4) is 0 Å². The molecule has 8 heteroatoms. The molecule has 2 rings (SSSR count). The lowest BCUT2D eigenvalue weighted by molar-refractivity contribution is -0.149. The number of rotatable bonds is 6. The van der Waals surface area contributed by atoms with Crippen LogP contribution in [0, 0.1) is 11.2 Å². The molecule has 21 heavy (non-hydrogen) atoms. The van der Waals surface area contributed by atoms with Gasteiger partial charge in [-0.1, -0.05) is 6.92 Å². The monoisotopic (exact) mass is 317 g/mol. The van der Waals surface area contributed by atoms with E-state index in [0.29, 0.717) is 19.8 Å². The van der Waals surface area contributed by atoms with Crippen molar-refractivity contribution in [1.29, 1.82) is 0 Å². The largest absolute Gasteiger partial charge is 0.466 e. The Balaban J connectivity index is 2.15. The normalized spacial score (nSPS) is 17.7. The number of aromatic nitrogens is 2. The van der Waals surface area contributed by atoms with Crippen molar-refractivity contribution in [2.75, 3.05) is 25.1 Å². The van der Waals surface area contributed by atoms with Crippen LogP contribution >= 0.6 is 11.6 Å². The van der Waals surface area contributed by atoms with Gasteiger partial charge in [0, 0.05) is 11.5 Å². The van der Waals surface area contributed by atoms with Gasteiger partial charge in [-0.2, -0.15) is 4.98 Å². The van der Waals surface area contributed by atoms with Crippen LogP contribution in [0.2, 0.25) is 5.28 Å². The van der Waals surface area contributed by atoms with E-state index in [0.717, 1.165) is 6.20 Å². The zero-order valence-electron chi connectivity index (χ0n) is 11.9. The third-order valence-electron chi connectivity index (χ3n) is 3.41. The number of nitrogens with one attached hydrogen (secondary N) is 1. The summed E-state index contributed by atoms with van der Waals surface area (Å²) in [6.45, 7) is 4.94. The summed E-state index contributed by atoms with van der Waals surface area (Å²) in [7, 11) is 0. The average Bonchev–Trinajstić information content (AvgIpc) is 2.39. The zero-order chi connectivity index (χ0) is 15.5. The van der Waals surface area contributed by atoms with Crippen molar-refractivity contribution in [3.63, 3.8) is 0 Å². The topological polar surface area (TPSA) is 73.3 Å². The molecular weight excluding hydrogens is 301 g/mol. The van der Waals surface area contributed by atoms with Crippen LogP contribution in [0.1, 0.15) is 20.3 Å². The van der Waals surface area contributed by atoms with Crippen molar-refractivity contribution in [2.24, 2.45) is 5.41 Å². The summed E-state index contributed by atoms with van der Waals surface area (Å²) in [6, 6.07) is -0.370. The number of hydrogen-bond donors (Lipinski definition) is 1. The summed E-state index contributed by atoms with van der Waals surface area (Å²) in [4.78, 5) is 19.1. The molecule has 0 bridgehead atoms. The molecule has 116 valence electrons. The van der Waals surface area contributed by atoms with E-state index in [1.807, 2.05) is 6.92 Å². The first-order valence-electron chi connectivity index (χ1n) is 6.62. The lowest BCUT2D eigenvalue weighted by atomic mass is 9.78. The fraction of sp³-hybridized carbons (Fsp3) is 0.615. The van der Waals surface area contributed by atoms with Crippen LogP contribution in [0.5, 0.6) is 0 Å². The number of halogens is 2. The molecule has 6 nitrogen and oxygen atoms in total. The number of carbonyl (C=O) groups excluding carboxylic acids is 1. The minimum absolute atomic E-state index is 0.0302. The first-order valence-corrected chi connectivity index (χ1v) is 7.00. The molecule has 0 amide bonds. The van der Waals surface area contributed by atoms with Crippen molar-refractivity contribution >= 4 is 23.4 Å². The van der Waals surface area contributed by atoms with Crippen LogP contribution in [0.25, 0.3) is 0 Å². The van der Waals surface area contributed by atoms with Gasteiger partial charge < -0.3 is 14.8 Å². The van der Waals surface area contributed by atoms with Crippen molar-refractivity contribution < 1.29 is 18.7 Å². The lowest BCUT2D eigenvalue weighted by Gasteiger charge is -2.44. The third-order valence-corrected chi connectivity index (χ3v) is 3.59. The molecule has 1 aliphatic heterocycles. The maximum Gasteiger partial charge on any atom is 0.307 e. The molecule has 1 fully saturated rings. The van der Waals surface area contributed by atoms with Crippen LogP contribution in [0.3, 0.4) is 0 Å². The highest BCUT2D eigenvalue weighted by atomic mass is 35.5. The fourth-order valence-electron chi connectivity index (χ4n) is 2.10. The Labute approximate surface area is 127 Å². The van der Waals surface area contributed by atoms with E-state index in [4.69, 9.17) is 21.1 Å². The second kappa shape index (κ2) is 6.53. The lowest BCUT2D eigenvalue weighted by Crippen LogP contribution is -2.53. The SMILES string of the molecule is CCOC(=O)CC(Nc1nc(Cl)ncc1F)C1(C)COC1. The summed E-state index contributed by atoms with van der Waals surface area (Å²) in [5.41, 5.74) is -0.295. The molecular formula is C13H17ClFN3O3. The molecule has 1 aromatic rings. The van der Waals surface area contributed by atoms with Crippen molar-refractivity contribution in [2.45, 2.75) is 26.3 Å².